The fourth-order valence-electron chi connectivity index (χ4n) is 8.08. The Morgan fingerprint density at radius 3 is 1.21 bits per heavy atom. The fraction of sp³-hybridized carbons (Fsp3) is 0.290. The van der Waals surface area contributed by atoms with Crippen LogP contribution in [0.15, 0.2) is 170 Å². The van der Waals surface area contributed by atoms with Crippen LogP contribution in [0.5, 0.6) is 0 Å². The summed E-state index contributed by atoms with van der Waals surface area (Å²) in [5.41, 5.74) is 16.7. The van der Waals surface area contributed by atoms with E-state index < -0.39 is 26.4 Å². The van der Waals surface area contributed by atoms with Crippen molar-refractivity contribution in [2.45, 2.75) is 87.8 Å². The summed E-state index contributed by atoms with van der Waals surface area (Å²) in [6.07, 6.45) is 9.32. The Labute approximate surface area is 412 Å². The van der Waals surface area contributed by atoms with E-state index in [1.807, 2.05) is 155 Å². The quantitative estimate of drug-likeness (QED) is 0.135. The minimum atomic E-state index is -2.35. The Morgan fingerprint density at radius 2 is 0.848 bits per heavy atom. The zero-order valence-electron chi connectivity index (χ0n) is 50.9. The molecule has 0 aliphatic heterocycles. The standard InChI is InChI=1S/C17H22N.C16H20N.C15H18N.C14H16N/c1-13(2)11-15-8-9-16(14(3)12-15)17-7-5-6-10-18(17)4;1-12(2)14-8-9-15(13(3)11-14)16-7-5-6-10-17(16)4;1-4-13-8-9-14(12(2)11-13)15-7-5-6-10-16(15)3;1-11-7-8-13(12(2)10-11)14-6-4-5-9-15(14)3/h5-10,12-13H,11H2,1-4H3;5-12H,1-4H3;5-11H,4H2,1-3H3;4-10H,1-3H3/q4*+1/i;1D3,12D;2*1D3. The van der Waals surface area contributed by atoms with Crippen LogP contribution in [0.1, 0.15) is 98.6 Å². The third-order valence-corrected chi connectivity index (χ3v) is 11.6. The highest BCUT2D eigenvalue weighted by molar-refractivity contribution is 5.64. The van der Waals surface area contributed by atoms with Crippen LogP contribution in [0.4, 0.5) is 0 Å². The lowest BCUT2D eigenvalue weighted by Crippen LogP contribution is -2.30. The number of hydrogen-bond acceptors (Lipinski definition) is 0. The van der Waals surface area contributed by atoms with Crippen molar-refractivity contribution in [3.8, 4) is 45.0 Å². The summed E-state index contributed by atoms with van der Waals surface area (Å²) in [4.78, 5) is 0. The average Bonchev–Trinajstić information content (AvgIpc) is 3.32. The first-order chi connectivity index (χ1) is 35.5. The van der Waals surface area contributed by atoms with Gasteiger partial charge in [-0.05, 0) is 147 Å². The average molecular weight is 887 g/mol. The van der Waals surface area contributed by atoms with Gasteiger partial charge in [0.05, 0.1) is 0 Å². The van der Waals surface area contributed by atoms with Crippen molar-refractivity contribution in [3.05, 3.63) is 215 Å². The Hall–Kier alpha value is -6.52. The first kappa shape index (κ1) is 37.7. The molecule has 0 amide bonds. The number of nitrogens with zero attached hydrogens (tertiary/aromatic N) is 4. The number of benzene rings is 4. The second-order valence-corrected chi connectivity index (χ2v) is 17.5. The molecule has 0 bridgehead atoms. The van der Waals surface area contributed by atoms with Crippen LogP contribution < -0.4 is 18.3 Å². The molecule has 8 rings (SSSR count). The van der Waals surface area contributed by atoms with Crippen LogP contribution in [0.2, 0.25) is 0 Å². The minimum Gasteiger partial charge on any atom is -0.201 e. The lowest BCUT2D eigenvalue weighted by atomic mass is 9.96. The predicted octanol–water partition coefficient (Wildman–Crippen LogP) is 13.1. The SMILES string of the molecule is Cc1cc(CC(C)C)ccc1-c1cccc[n+]1C.[2H]C([2H])([2H])C([2H])(C)c1ccc(-c2cccc[n+]2C)c(C)c1.[2H]C([2H])([2H])Cc1ccc(-c2cccc[n+]2C)c(C)c1.[2H]C([2H])([2H])c1ccc(-c2cccc[n+]2C)c(C)c1. The van der Waals surface area contributed by atoms with E-state index in [1.54, 1.807) is 18.2 Å². The molecular formula is C62H76N4+4. The van der Waals surface area contributed by atoms with E-state index in [0.717, 1.165) is 62.4 Å². The van der Waals surface area contributed by atoms with Gasteiger partial charge in [0.1, 0.15) is 28.2 Å². The lowest BCUT2D eigenvalue weighted by molar-refractivity contribution is -0.660. The molecule has 0 radical (unpaired) electrons. The zero-order chi connectivity index (χ0) is 56.3. The normalized spacial score (nSPS) is 14.4. The monoisotopic (exact) mass is 887 g/mol. The first-order valence-corrected chi connectivity index (χ1v) is 22.7. The van der Waals surface area contributed by atoms with Gasteiger partial charge in [0.15, 0.2) is 24.8 Å². The van der Waals surface area contributed by atoms with E-state index in [-0.39, 0.29) is 6.42 Å². The summed E-state index contributed by atoms with van der Waals surface area (Å²) in [6.45, 7) is 7.78. The third-order valence-electron chi connectivity index (χ3n) is 11.6. The second-order valence-electron chi connectivity index (χ2n) is 17.5. The first-order valence-electron chi connectivity index (χ1n) is 27.7. The molecule has 8 aromatic rings. The summed E-state index contributed by atoms with van der Waals surface area (Å²) in [6, 6.07) is 47.8. The van der Waals surface area contributed by atoms with Gasteiger partial charge in [-0.25, -0.2) is 18.3 Å². The van der Waals surface area contributed by atoms with Crippen LogP contribution in [-0.4, -0.2) is 0 Å². The van der Waals surface area contributed by atoms with Crippen LogP contribution in [-0.2, 0) is 41.0 Å². The summed E-state index contributed by atoms with van der Waals surface area (Å²) < 4.78 is 83.3. The summed E-state index contributed by atoms with van der Waals surface area (Å²) in [7, 11) is 8.05. The molecule has 1 atom stereocenters. The number of hydrogen-bond donors (Lipinski definition) is 0. The molecule has 4 heterocycles. The molecule has 4 nitrogen and oxygen atoms in total. The lowest BCUT2D eigenvalue weighted by Gasteiger charge is -2.09. The topological polar surface area (TPSA) is 15.5 Å². The second kappa shape index (κ2) is 24.1. The van der Waals surface area contributed by atoms with Crippen molar-refractivity contribution >= 4 is 0 Å². The maximum Gasteiger partial charge on any atom is 0.212 e. The van der Waals surface area contributed by atoms with Gasteiger partial charge >= 0.3 is 0 Å². The molecule has 0 spiro atoms. The largest absolute Gasteiger partial charge is 0.212 e. The number of pyridine rings is 4. The smallest absolute Gasteiger partial charge is 0.201 e. The Bertz CT molecular complexity index is 3230. The summed E-state index contributed by atoms with van der Waals surface area (Å²) in [5, 5.41) is 0. The van der Waals surface area contributed by atoms with Crippen molar-refractivity contribution in [1.29, 1.82) is 0 Å². The Morgan fingerprint density at radius 1 is 0.455 bits per heavy atom. The molecule has 4 heteroatoms. The Kier molecular flexibility index (Phi) is 13.8. The predicted molar refractivity (Wildman–Crippen MR) is 278 cm³/mol. The van der Waals surface area contributed by atoms with E-state index in [2.05, 4.69) is 85.6 Å². The molecule has 0 saturated heterocycles. The Balaban J connectivity index is 0.000000187. The molecule has 0 saturated carbocycles. The highest BCUT2D eigenvalue weighted by atomic mass is 14.9. The van der Waals surface area contributed by atoms with Crippen molar-refractivity contribution in [3.63, 3.8) is 0 Å². The molecule has 0 fully saturated rings. The van der Waals surface area contributed by atoms with Gasteiger partial charge in [-0.2, -0.15) is 0 Å². The summed E-state index contributed by atoms with van der Waals surface area (Å²) in [5.74, 6) is -0.891. The highest BCUT2D eigenvalue weighted by Crippen LogP contribution is 2.26. The maximum absolute atomic E-state index is 8.17. The number of aryl methyl sites for hydroxylation is 10. The zero-order valence-corrected chi connectivity index (χ0v) is 40.9. The van der Waals surface area contributed by atoms with Gasteiger partial charge in [-0.15, -0.1) is 0 Å². The molecule has 340 valence electrons. The molecule has 4 aromatic carbocycles. The van der Waals surface area contributed by atoms with Gasteiger partial charge in [0.2, 0.25) is 22.8 Å². The van der Waals surface area contributed by atoms with E-state index in [4.69, 9.17) is 13.7 Å². The molecule has 66 heavy (non-hydrogen) atoms. The van der Waals surface area contributed by atoms with E-state index in [0.29, 0.717) is 17.0 Å². The fourth-order valence-corrected chi connectivity index (χ4v) is 8.08. The van der Waals surface area contributed by atoms with Gasteiger partial charge in [-0.3, -0.25) is 0 Å². The van der Waals surface area contributed by atoms with Crippen LogP contribution >= 0.6 is 0 Å². The molecule has 0 aliphatic rings. The maximum atomic E-state index is 8.17. The highest BCUT2D eigenvalue weighted by Gasteiger charge is 2.15. The van der Waals surface area contributed by atoms with Crippen LogP contribution in [0.25, 0.3) is 45.0 Å². The van der Waals surface area contributed by atoms with Gasteiger partial charge in [0.25, 0.3) is 0 Å². The van der Waals surface area contributed by atoms with Gasteiger partial charge in [-0.1, -0.05) is 88.6 Å². The number of aromatic nitrogens is 4. The van der Waals surface area contributed by atoms with Crippen molar-refractivity contribution in [2.24, 2.45) is 34.1 Å². The molecule has 0 aliphatic carbocycles. The van der Waals surface area contributed by atoms with Crippen molar-refractivity contribution < 1.29 is 32.0 Å². The van der Waals surface area contributed by atoms with Crippen LogP contribution in [0, 0.1) is 40.5 Å². The number of rotatable bonds is 8. The minimum absolute atomic E-state index is 0.120. The van der Waals surface area contributed by atoms with Gasteiger partial charge < -0.3 is 0 Å². The van der Waals surface area contributed by atoms with Crippen molar-refractivity contribution in [1.82, 2.24) is 0 Å². The molecular weight excluding hydrogens is 801 g/mol. The van der Waals surface area contributed by atoms with Crippen LogP contribution in [0.3, 0.4) is 0 Å². The van der Waals surface area contributed by atoms with Crippen molar-refractivity contribution in [2.75, 3.05) is 0 Å². The van der Waals surface area contributed by atoms with E-state index in [1.165, 1.54) is 29.3 Å². The molecule has 0 N–H and O–H groups in total. The molecule has 1 unspecified atom stereocenters. The third kappa shape index (κ3) is 13.7. The van der Waals surface area contributed by atoms with E-state index in [9.17, 15) is 0 Å². The van der Waals surface area contributed by atoms with Gasteiger partial charge in [0, 0.05) is 84.5 Å². The van der Waals surface area contributed by atoms with E-state index >= 15 is 0 Å². The summed E-state index contributed by atoms with van der Waals surface area (Å²) >= 11 is 0. The molecule has 4 aromatic heterocycles.